The lowest BCUT2D eigenvalue weighted by Gasteiger charge is -2.69. The van der Waals surface area contributed by atoms with E-state index < -0.39 is 40.4 Å². The molecular formula is C33H42F3NO7. The lowest BCUT2D eigenvalue weighted by Crippen LogP contribution is -2.81. The SMILES string of the molecule is CCN1C[C@]2(C)CC[C@H](OC)[C@@]34C1[C@@]1(OCO[C@@]15C[C@H](OC)[C@H]1C[C@@H]3[C@@H]5[C@H]1OC)[C@@H](OC(=O)c1cccc(C(F)(F)F)c1)[C@H]24. The van der Waals surface area contributed by atoms with Crippen LogP contribution in [0.3, 0.4) is 0 Å². The summed E-state index contributed by atoms with van der Waals surface area (Å²) in [7, 11) is 5.27. The van der Waals surface area contributed by atoms with Crippen LogP contribution in [0.5, 0.6) is 0 Å². The van der Waals surface area contributed by atoms with Crippen LogP contribution in [-0.2, 0) is 34.6 Å². The third-order valence-corrected chi connectivity index (χ3v) is 13.5. The minimum atomic E-state index is -4.58. The normalized spacial score (nSPS) is 50.0. The molecule has 1 aromatic carbocycles. The van der Waals surface area contributed by atoms with Gasteiger partial charge in [-0.05, 0) is 55.3 Å². The fraction of sp³-hybridized carbons (Fsp3) is 0.788. The van der Waals surface area contributed by atoms with Crippen LogP contribution in [0.4, 0.5) is 13.2 Å². The summed E-state index contributed by atoms with van der Waals surface area (Å²) in [6.45, 7) is 6.06. The highest BCUT2D eigenvalue weighted by atomic mass is 19.4. The predicted molar refractivity (Wildman–Crippen MR) is 150 cm³/mol. The number of fused-ring (bicyclic) bond motifs is 1. The van der Waals surface area contributed by atoms with E-state index in [1.165, 1.54) is 12.1 Å². The molecule has 1 unspecified atom stereocenters. The summed E-state index contributed by atoms with van der Waals surface area (Å²) in [5.74, 6) is -0.673. The number of piperidine rings is 1. The molecule has 8 nitrogen and oxygen atoms in total. The van der Waals surface area contributed by atoms with Crippen molar-refractivity contribution in [2.75, 3.05) is 41.2 Å². The van der Waals surface area contributed by atoms with E-state index >= 15 is 0 Å². The number of carbonyl (C=O) groups excluding carboxylic acids is 1. The first-order chi connectivity index (χ1) is 21.0. The smallest absolute Gasteiger partial charge is 0.416 e. The molecule has 0 radical (unpaired) electrons. The van der Waals surface area contributed by atoms with E-state index in [2.05, 4.69) is 18.7 Å². The zero-order valence-electron chi connectivity index (χ0n) is 25.9. The number of benzene rings is 1. The molecule has 5 saturated carbocycles. The Morgan fingerprint density at radius 1 is 1.14 bits per heavy atom. The van der Waals surface area contributed by atoms with Crippen LogP contribution in [0.1, 0.15) is 55.5 Å². The summed E-state index contributed by atoms with van der Waals surface area (Å²) < 4.78 is 80.5. The van der Waals surface area contributed by atoms with Gasteiger partial charge < -0.3 is 28.4 Å². The molecule has 3 spiro atoms. The van der Waals surface area contributed by atoms with Crippen molar-refractivity contribution in [1.82, 2.24) is 4.90 Å². The molecule has 8 rings (SSSR count). The molecule has 7 fully saturated rings. The maximum Gasteiger partial charge on any atom is 0.416 e. The van der Waals surface area contributed by atoms with Gasteiger partial charge in [0.2, 0.25) is 0 Å². The first-order valence-electron chi connectivity index (χ1n) is 16.0. The number of ether oxygens (including phenoxy) is 6. The van der Waals surface area contributed by atoms with Crippen LogP contribution in [0.2, 0.25) is 0 Å². The van der Waals surface area contributed by atoms with Gasteiger partial charge in [0, 0.05) is 57.5 Å². The maximum absolute atomic E-state index is 14.1. The van der Waals surface area contributed by atoms with Crippen molar-refractivity contribution < 1.29 is 46.4 Å². The zero-order valence-corrected chi connectivity index (χ0v) is 25.9. The molecule has 2 saturated heterocycles. The molecule has 2 aliphatic heterocycles. The third-order valence-electron chi connectivity index (χ3n) is 13.5. The van der Waals surface area contributed by atoms with Gasteiger partial charge in [0.05, 0.1) is 35.5 Å². The number of alkyl halides is 3. The lowest BCUT2D eigenvalue weighted by molar-refractivity contribution is -0.282. The van der Waals surface area contributed by atoms with E-state index in [4.69, 9.17) is 28.4 Å². The van der Waals surface area contributed by atoms with E-state index in [-0.39, 0.29) is 65.8 Å². The Balaban J connectivity index is 1.37. The minimum Gasteiger partial charge on any atom is -0.455 e. The number of methoxy groups -OCH3 is 3. The molecule has 0 amide bonds. The van der Waals surface area contributed by atoms with Crippen molar-refractivity contribution in [2.45, 2.75) is 87.4 Å². The highest BCUT2D eigenvalue weighted by Crippen LogP contribution is 2.82. The lowest BCUT2D eigenvalue weighted by atomic mass is 9.43. The van der Waals surface area contributed by atoms with Crippen LogP contribution in [-0.4, -0.2) is 93.7 Å². The van der Waals surface area contributed by atoms with E-state index in [9.17, 15) is 18.0 Å². The van der Waals surface area contributed by atoms with Crippen LogP contribution >= 0.6 is 0 Å². The van der Waals surface area contributed by atoms with Crippen molar-refractivity contribution in [1.29, 1.82) is 0 Å². The fourth-order valence-corrected chi connectivity index (χ4v) is 12.6. The van der Waals surface area contributed by atoms with Gasteiger partial charge in [0.1, 0.15) is 18.5 Å². The summed E-state index contributed by atoms with van der Waals surface area (Å²) >= 11 is 0. The second-order valence-electron chi connectivity index (χ2n) is 14.6. The van der Waals surface area contributed by atoms with Gasteiger partial charge in [-0.3, -0.25) is 4.90 Å². The van der Waals surface area contributed by atoms with Crippen molar-refractivity contribution in [3.8, 4) is 0 Å². The highest BCUT2D eigenvalue weighted by Gasteiger charge is 2.94. The van der Waals surface area contributed by atoms with Crippen LogP contribution in [0.15, 0.2) is 24.3 Å². The summed E-state index contributed by atoms with van der Waals surface area (Å²) in [5, 5.41) is 0. The van der Waals surface area contributed by atoms with Gasteiger partial charge in [-0.2, -0.15) is 13.2 Å². The molecule has 0 N–H and O–H groups in total. The summed E-state index contributed by atoms with van der Waals surface area (Å²) in [6.07, 6.45) is -2.59. The van der Waals surface area contributed by atoms with Crippen LogP contribution < -0.4 is 0 Å². The van der Waals surface area contributed by atoms with Gasteiger partial charge >= 0.3 is 12.1 Å². The average Bonchev–Trinajstić information content (AvgIpc) is 3.59. The topological polar surface area (TPSA) is 75.7 Å². The largest absolute Gasteiger partial charge is 0.455 e. The van der Waals surface area contributed by atoms with Gasteiger partial charge in [0.15, 0.2) is 5.60 Å². The van der Waals surface area contributed by atoms with Gasteiger partial charge in [-0.25, -0.2) is 4.79 Å². The Kier molecular flexibility index (Phi) is 6.34. The number of nitrogens with zero attached hydrogens (tertiary/aromatic N) is 1. The number of likely N-dealkylation sites (N-methyl/N-ethyl adjacent to an activating group) is 1. The Morgan fingerprint density at radius 2 is 1.93 bits per heavy atom. The fourth-order valence-electron chi connectivity index (χ4n) is 12.6. The van der Waals surface area contributed by atoms with E-state index in [0.717, 1.165) is 44.5 Å². The number of likely N-dealkylation sites (tertiary alicyclic amines) is 1. The van der Waals surface area contributed by atoms with E-state index in [1.807, 2.05) is 0 Å². The monoisotopic (exact) mass is 621 g/mol. The summed E-state index contributed by atoms with van der Waals surface area (Å²) in [6, 6.07) is 4.32. The van der Waals surface area contributed by atoms with Crippen molar-refractivity contribution in [3.05, 3.63) is 35.4 Å². The maximum atomic E-state index is 14.1. The van der Waals surface area contributed by atoms with E-state index in [0.29, 0.717) is 6.42 Å². The van der Waals surface area contributed by atoms with Crippen molar-refractivity contribution in [2.24, 2.45) is 34.5 Å². The van der Waals surface area contributed by atoms with Gasteiger partial charge in [-0.15, -0.1) is 0 Å². The first-order valence-corrected chi connectivity index (χ1v) is 16.0. The Bertz CT molecular complexity index is 1360. The standard InChI is InChI=1S/C33H42F3NO7/c1-6-37-15-29(2)11-10-22(40-4)31-20-13-19-21(39-3)14-30(23(20)24(19)41-5)32(28(31)37,43-16-42-30)26(25(29)31)44-27(38)17-8-7-9-18(12-17)33(34,35)36/h7-9,12,19-26,28H,6,10-11,13-16H2,1-5H3/t19-,20-,21+,22+,23-,24+,25-,26+,28?,29+,30-,31+,32+/m1/s1. The number of esters is 1. The second-order valence-corrected chi connectivity index (χ2v) is 14.6. The molecule has 2 heterocycles. The predicted octanol–water partition coefficient (Wildman–Crippen LogP) is 4.55. The van der Waals surface area contributed by atoms with Crippen molar-refractivity contribution in [3.63, 3.8) is 0 Å². The third kappa shape index (κ3) is 3.20. The number of halogens is 3. The van der Waals surface area contributed by atoms with Crippen molar-refractivity contribution >= 4 is 5.97 Å². The molecule has 5 aliphatic carbocycles. The molecule has 7 aliphatic rings. The Morgan fingerprint density at radius 3 is 2.61 bits per heavy atom. The molecule has 7 bridgehead atoms. The molecular weight excluding hydrogens is 579 g/mol. The number of rotatable bonds is 6. The van der Waals surface area contributed by atoms with Crippen LogP contribution in [0, 0.1) is 34.5 Å². The van der Waals surface area contributed by atoms with Crippen LogP contribution in [0.25, 0.3) is 0 Å². The Labute approximate surface area is 255 Å². The average molecular weight is 622 g/mol. The summed E-state index contributed by atoms with van der Waals surface area (Å²) in [5.41, 5.74) is -3.69. The van der Waals surface area contributed by atoms with Gasteiger partial charge in [-0.1, -0.05) is 19.9 Å². The number of hydrogen-bond acceptors (Lipinski definition) is 8. The Hall–Kier alpha value is -1.76. The molecule has 242 valence electrons. The zero-order chi connectivity index (χ0) is 31.0. The van der Waals surface area contributed by atoms with E-state index in [1.54, 1.807) is 21.3 Å². The highest BCUT2D eigenvalue weighted by molar-refractivity contribution is 5.90. The van der Waals surface area contributed by atoms with Gasteiger partial charge in [0.25, 0.3) is 0 Å². The first kappa shape index (κ1) is 29.6. The molecule has 44 heavy (non-hydrogen) atoms. The second kappa shape index (κ2) is 9.41. The molecule has 11 heteroatoms. The number of hydrogen-bond donors (Lipinski definition) is 0. The molecule has 0 aromatic heterocycles. The summed E-state index contributed by atoms with van der Waals surface area (Å²) in [4.78, 5) is 16.6. The number of carbonyl (C=O) groups is 1. The minimum absolute atomic E-state index is 0.0313. The quantitative estimate of drug-likeness (QED) is 0.429. The molecule has 13 atom stereocenters. The molecule has 1 aromatic rings.